The minimum absolute atomic E-state index is 0.0199. The van der Waals surface area contributed by atoms with E-state index in [1.165, 1.54) is 0 Å². The number of carboxylic acids is 1. The number of aromatic nitrogens is 1. The van der Waals surface area contributed by atoms with Crippen molar-refractivity contribution in [2.75, 3.05) is 26.7 Å². The van der Waals surface area contributed by atoms with Crippen LogP contribution in [0.4, 0.5) is 4.39 Å². The van der Waals surface area contributed by atoms with E-state index in [1.807, 2.05) is 24.3 Å². The van der Waals surface area contributed by atoms with Crippen LogP contribution in [0.3, 0.4) is 0 Å². The zero-order valence-corrected chi connectivity index (χ0v) is 19.0. The summed E-state index contributed by atoms with van der Waals surface area (Å²) in [6, 6.07) is 9.12. The summed E-state index contributed by atoms with van der Waals surface area (Å²) in [5, 5.41) is 10.6. The summed E-state index contributed by atoms with van der Waals surface area (Å²) < 4.78 is 25.7. The molecular weight excluding hydrogens is 423 g/mol. The zero-order chi connectivity index (χ0) is 23.2. The molecule has 0 radical (unpaired) electrons. The fourth-order valence-electron chi connectivity index (χ4n) is 4.90. The normalized spacial score (nSPS) is 20.1. The van der Waals surface area contributed by atoms with Crippen LogP contribution < -0.4 is 4.74 Å². The number of alkyl halides is 1. The number of carboxylic acid groups (broad SMARTS) is 1. The minimum Gasteiger partial charge on any atom is -0.497 e. The molecule has 1 saturated heterocycles. The quantitative estimate of drug-likeness (QED) is 0.449. The molecule has 0 saturated carbocycles. The average Bonchev–Trinajstić information content (AvgIpc) is 3.35. The van der Waals surface area contributed by atoms with Gasteiger partial charge in [-0.1, -0.05) is 0 Å². The van der Waals surface area contributed by atoms with Crippen molar-refractivity contribution in [1.29, 1.82) is 0 Å². The van der Waals surface area contributed by atoms with Crippen LogP contribution in [0, 0.1) is 11.8 Å². The molecule has 6 nitrogen and oxygen atoms in total. The van der Waals surface area contributed by atoms with E-state index in [9.17, 15) is 9.90 Å². The molecule has 0 spiro atoms. The van der Waals surface area contributed by atoms with Crippen molar-refractivity contribution in [2.24, 2.45) is 11.8 Å². The van der Waals surface area contributed by atoms with Crippen LogP contribution in [-0.4, -0.2) is 47.7 Å². The number of hydrogen-bond acceptors (Lipinski definition) is 5. The van der Waals surface area contributed by atoms with E-state index in [0.717, 1.165) is 48.8 Å². The molecule has 0 unspecified atom stereocenters. The van der Waals surface area contributed by atoms with Crippen molar-refractivity contribution < 1.29 is 23.4 Å². The second-order valence-corrected chi connectivity index (χ2v) is 8.86. The molecule has 1 N–H and O–H groups in total. The van der Waals surface area contributed by atoms with Crippen LogP contribution >= 0.6 is 0 Å². The van der Waals surface area contributed by atoms with Gasteiger partial charge in [-0.05, 0) is 92.6 Å². The van der Waals surface area contributed by atoms with Gasteiger partial charge in [0.05, 0.1) is 31.1 Å². The Morgan fingerprint density at radius 2 is 2.24 bits per heavy atom. The summed E-state index contributed by atoms with van der Waals surface area (Å²) in [6.45, 7) is 2.24. The molecule has 3 heterocycles. The Morgan fingerprint density at radius 1 is 1.36 bits per heavy atom. The van der Waals surface area contributed by atoms with Gasteiger partial charge in [0.15, 0.2) is 0 Å². The van der Waals surface area contributed by atoms with Gasteiger partial charge >= 0.3 is 5.97 Å². The molecule has 0 bridgehead atoms. The molecule has 1 aliphatic heterocycles. The van der Waals surface area contributed by atoms with E-state index < -0.39 is 18.1 Å². The van der Waals surface area contributed by atoms with Crippen LogP contribution in [-0.2, 0) is 11.2 Å². The second kappa shape index (κ2) is 10.8. The van der Waals surface area contributed by atoms with Crippen molar-refractivity contribution in [3.05, 3.63) is 60.2 Å². The Hall–Kier alpha value is -2.93. The molecule has 176 valence electrons. The number of piperidine rings is 1. The fraction of sp³-hybridized carbons (Fsp3) is 0.462. The van der Waals surface area contributed by atoms with E-state index in [1.54, 1.807) is 31.9 Å². The molecule has 0 amide bonds. The maximum atomic E-state index is 15.3. The molecular formula is C26H31FN2O4. The standard InChI is InChI=1S/C26H31FN2O4/c1-32-20-5-7-25-22(15-20)21(8-11-28-25)24(27)6-4-19-9-13-29(16-23(19)26(30)31)12-2-3-18-10-14-33-17-18/h5,7-8,10-11,14-15,17,19,23-24H,2-4,6,9,12-13,16H2,1H3,(H,30,31)/t19-,23+,24+/m1/s1. The number of methoxy groups -OCH3 is 1. The molecule has 1 aliphatic rings. The number of furan rings is 1. The molecule has 33 heavy (non-hydrogen) atoms. The summed E-state index contributed by atoms with van der Waals surface area (Å²) in [5.41, 5.74) is 2.47. The predicted molar refractivity (Wildman–Crippen MR) is 124 cm³/mol. The van der Waals surface area contributed by atoms with Gasteiger partial charge in [0.2, 0.25) is 0 Å². The largest absolute Gasteiger partial charge is 0.497 e. The van der Waals surface area contributed by atoms with Gasteiger partial charge in [-0.15, -0.1) is 0 Å². The lowest BCUT2D eigenvalue weighted by Gasteiger charge is -2.36. The van der Waals surface area contributed by atoms with Gasteiger partial charge in [-0.2, -0.15) is 0 Å². The molecule has 7 heteroatoms. The van der Waals surface area contributed by atoms with Gasteiger partial charge in [0, 0.05) is 18.1 Å². The topological polar surface area (TPSA) is 75.8 Å². The molecule has 4 rings (SSSR count). The molecule has 2 aromatic heterocycles. The third-order valence-electron chi connectivity index (χ3n) is 6.79. The number of halogens is 1. The number of ether oxygens (including phenoxy) is 1. The van der Waals surface area contributed by atoms with Gasteiger partial charge in [0.25, 0.3) is 0 Å². The van der Waals surface area contributed by atoms with Crippen molar-refractivity contribution in [2.45, 2.75) is 38.3 Å². The van der Waals surface area contributed by atoms with E-state index in [0.29, 0.717) is 30.7 Å². The Kier molecular flexibility index (Phi) is 7.60. The Morgan fingerprint density at radius 3 is 3.00 bits per heavy atom. The Balaban J connectivity index is 1.34. The number of nitrogens with zero attached hydrogens (tertiary/aromatic N) is 2. The van der Waals surface area contributed by atoms with E-state index in [4.69, 9.17) is 9.15 Å². The first-order valence-electron chi connectivity index (χ1n) is 11.6. The smallest absolute Gasteiger partial charge is 0.308 e. The SMILES string of the molecule is COc1ccc2nccc([C@@H](F)CC[C@@H]3CCN(CCCc4ccoc4)C[C@@H]3C(=O)O)c2c1. The number of pyridine rings is 1. The average molecular weight is 455 g/mol. The fourth-order valence-corrected chi connectivity index (χ4v) is 4.90. The van der Waals surface area contributed by atoms with Crippen molar-refractivity contribution >= 4 is 16.9 Å². The maximum absolute atomic E-state index is 15.3. The van der Waals surface area contributed by atoms with Gasteiger partial charge in [0.1, 0.15) is 11.9 Å². The van der Waals surface area contributed by atoms with Crippen LogP contribution in [0.2, 0.25) is 0 Å². The molecule has 1 fully saturated rings. The predicted octanol–water partition coefficient (Wildman–Crippen LogP) is 5.28. The Labute approximate surface area is 193 Å². The lowest BCUT2D eigenvalue weighted by molar-refractivity contribution is -0.146. The number of fused-ring (bicyclic) bond motifs is 1. The number of hydrogen-bond donors (Lipinski definition) is 1. The second-order valence-electron chi connectivity index (χ2n) is 8.86. The summed E-state index contributed by atoms with van der Waals surface area (Å²) in [7, 11) is 1.58. The molecule has 1 aromatic carbocycles. The van der Waals surface area contributed by atoms with Crippen molar-refractivity contribution in [3.63, 3.8) is 0 Å². The summed E-state index contributed by atoms with van der Waals surface area (Å²) >= 11 is 0. The van der Waals surface area contributed by atoms with Crippen LogP contribution in [0.25, 0.3) is 10.9 Å². The first-order chi connectivity index (χ1) is 16.0. The highest BCUT2D eigenvalue weighted by atomic mass is 19.1. The maximum Gasteiger partial charge on any atom is 0.308 e. The lowest BCUT2D eigenvalue weighted by Crippen LogP contribution is -2.44. The van der Waals surface area contributed by atoms with Crippen LogP contribution in [0.15, 0.2) is 53.5 Å². The highest BCUT2D eigenvalue weighted by Crippen LogP contribution is 2.35. The number of likely N-dealkylation sites (tertiary alicyclic amines) is 1. The van der Waals surface area contributed by atoms with E-state index in [-0.39, 0.29) is 5.92 Å². The van der Waals surface area contributed by atoms with Crippen LogP contribution in [0.5, 0.6) is 5.75 Å². The number of carbonyl (C=O) groups is 1. The molecule has 0 aliphatic carbocycles. The van der Waals surface area contributed by atoms with E-state index >= 15 is 4.39 Å². The van der Waals surface area contributed by atoms with Gasteiger partial charge in [-0.3, -0.25) is 9.78 Å². The Bertz CT molecular complexity index is 1060. The first-order valence-corrected chi connectivity index (χ1v) is 11.6. The number of aliphatic carboxylic acids is 1. The van der Waals surface area contributed by atoms with Crippen molar-refractivity contribution in [3.8, 4) is 5.75 Å². The zero-order valence-electron chi connectivity index (χ0n) is 19.0. The number of rotatable bonds is 10. The monoisotopic (exact) mass is 454 g/mol. The number of aryl methyl sites for hydroxylation is 1. The highest BCUT2D eigenvalue weighted by molar-refractivity contribution is 5.83. The third kappa shape index (κ3) is 5.71. The van der Waals surface area contributed by atoms with E-state index in [2.05, 4.69) is 9.88 Å². The summed E-state index contributed by atoms with van der Waals surface area (Å²) in [6.07, 6.45) is 7.38. The molecule has 3 aromatic rings. The lowest BCUT2D eigenvalue weighted by atomic mass is 9.81. The van der Waals surface area contributed by atoms with Crippen LogP contribution in [0.1, 0.15) is 43.0 Å². The van der Waals surface area contributed by atoms with Crippen molar-refractivity contribution in [1.82, 2.24) is 9.88 Å². The van der Waals surface area contributed by atoms with Gasteiger partial charge < -0.3 is 19.2 Å². The third-order valence-corrected chi connectivity index (χ3v) is 6.79. The molecule has 3 atom stereocenters. The minimum atomic E-state index is -1.18. The number of benzene rings is 1. The summed E-state index contributed by atoms with van der Waals surface area (Å²) in [4.78, 5) is 18.5. The summed E-state index contributed by atoms with van der Waals surface area (Å²) in [5.74, 6) is -0.605. The first kappa shape index (κ1) is 23.2. The highest BCUT2D eigenvalue weighted by Gasteiger charge is 2.34. The van der Waals surface area contributed by atoms with Gasteiger partial charge in [-0.25, -0.2) is 4.39 Å².